The van der Waals surface area contributed by atoms with Crippen LogP contribution in [0, 0.1) is 5.82 Å². The molecule has 0 aliphatic carbocycles. The molecule has 31 heavy (non-hydrogen) atoms. The van der Waals surface area contributed by atoms with Gasteiger partial charge in [-0.2, -0.15) is 8.61 Å². The highest BCUT2D eigenvalue weighted by Gasteiger charge is 2.35. The molecule has 1 saturated heterocycles. The molecule has 0 spiro atoms. The van der Waals surface area contributed by atoms with Gasteiger partial charge in [0, 0.05) is 43.7 Å². The van der Waals surface area contributed by atoms with Gasteiger partial charge in [-0.1, -0.05) is 11.6 Å². The molecule has 0 bridgehead atoms. The van der Waals surface area contributed by atoms with Crippen LogP contribution in [-0.2, 0) is 20.0 Å². The highest BCUT2D eigenvalue weighted by molar-refractivity contribution is 7.89. The number of piperazine rings is 1. The summed E-state index contributed by atoms with van der Waals surface area (Å²) in [4.78, 5) is -0.451. The minimum Gasteiger partial charge on any atom is -0.490 e. The van der Waals surface area contributed by atoms with Crippen LogP contribution >= 0.6 is 11.6 Å². The summed E-state index contributed by atoms with van der Waals surface area (Å²) in [5.41, 5.74) is 0. The Morgan fingerprint density at radius 3 is 2.06 bits per heavy atom. The maximum Gasteiger partial charge on any atom is 0.246 e. The lowest BCUT2D eigenvalue weighted by molar-refractivity contribution is 0.272. The van der Waals surface area contributed by atoms with Crippen LogP contribution < -0.4 is 9.47 Å². The zero-order chi connectivity index (χ0) is 22.2. The van der Waals surface area contributed by atoms with E-state index in [1.807, 2.05) is 0 Å². The Kier molecular flexibility index (Phi) is 6.14. The number of hydrogen-bond donors (Lipinski definition) is 0. The molecule has 0 N–H and O–H groups in total. The van der Waals surface area contributed by atoms with Crippen molar-refractivity contribution < 1.29 is 30.7 Å². The molecule has 2 aromatic rings. The van der Waals surface area contributed by atoms with E-state index in [4.69, 9.17) is 21.1 Å². The van der Waals surface area contributed by atoms with Crippen molar-refractivity contribution in [3.63, 3.8) is 0 Å². The van der Waals surface area contributed by atoms with Crippen molar-refractivity contribution in [1.29, 1.82) is 0 Å². The first kappa shape index (κ1) is 22.3. The second-order valence-corrected chi connectivity index (χ2v) is 11.3. The van der Waals surface area contributed by atoms with Gasteiger partial charge in [-0.25, -0.2) is 21.2 Å². The van der Waals surface area contributed by atoms with Crippen LogP contribution in [0.4, 0.5) is 4.39 Å². The number of sulfonamides is 2. The molecule has 168 valence electrons. The molecule has 8 nitrogen and oxygen atoms in total. The van der Waals surface area contributed by atoms with E-state index in [-0.39, 0.29) is 36.1 Å². The van der Waals surface area contributed by atoms with Crippen LogP contribution in [0.5, 0.6) is 11.5 Å². The number of halogens is 2. The minimum absolute atomic E-state index is 0.0387. The van der Waals surface area contributed by atoms with Crippen LogP contribution in [0.25, 0.3) is 0 Å². The number of nitrogens with zero attached hydrogens (tertiary/aromatic N) is 2. The normalized spacial score (nSPS) is 18.5. The summed E-state index contributed by atoms with van der Waals surface area (Å²) < 4.78 is 79.2. The quantitative estimate of drug-likeness (QED) is 0.653. The average molecular weight is 491 g/mol. The van der Waals surface area contributed by atoms with Gasteiger partial charge in [0.15, 0.2) is 11.5 Å². The number of fused-ring (bicyclic) bond motifs is 1. The van der Waals surface area contributed by atoms with E-state index in [1.54, 1.807) is 6.07 Å². The van der Waals surface area contributed by atoms with Gasteiger partial charge in [-0.15, -0.1) is 0 Å². The summed E-state index contributed by atoms with van der Waals surface area (Å²) in [5.74, 6) is -0.106. The van der Waals surface area contributed by atoms with Crippen LogP contribution in [0.1, 0.15) is 6.42 Å². The van der Waals surface area contributed by atoms with Gasteiger partial charge in [0.1, 0.15) is 10.7 Å². The number of hydrogen-bond acceptors (Lipinski definition) is 6. The molecular weight excluding hydrogens is 471 g/mol. The molecule has 2 heterocycles. The summed E-state index contributed by atoms with van der Waals surface area (Å²) in [6.07, 6.45) is 0.696. The number of benzene rings is 2. The molecule has 0 amide bonds. The Hall–Kier alpha value is -1.92. The first-order chi connectivity index (χ1) is 14.7. The van der Waals surface area contributed by atoms with Gasteiger partial charge in [-0.05, 0) is 30.3 Å². The molecule has 0 aromatic heterocycles. The van der Waals surface area contributed by atoms with Crippen molar-refractivity contribution in [2.75, 3.05) is 39.4 Å². The topological polar surface area (TPSA) is 93.2 Å². The average Bonchev–Trinajstić information content (AvgIpc) is 2.98. The summed E-state index contributed by atoms with van der Waals surface area (Å²) in [7, 11) is -7.99. The van der Waals surface area contributed by atoms with E-state index in [1.165, 1.54) is 22.5 Å². The fraction of sp³-hybridized carbons (Fsp3) is 0.368. The second kappa shape index (κ2) is 8.55. The maximum absolute atomic E-state index is 14.1. The van der Waals surface area contributed by atoms with Crippen molar-refractivity contribution in [1.82, 2.24) is 8.61 Å². The van der Waals surface area contributed by atoms with E-state index in [0.717, 1.165) is 16.4 Å². The fourth-order valence-electron chi connectivity index (χ4n) is 3.43. The first-order valence-corrected chi connectivity index (χ1v) is 12.8. The molecule has 0 radical (unpaired) electrons. The second-order valence-electron chi connectivity index (χ2n) is 7.04. The molecule has 0 saturated carbocycles. The Balaban J connectivity index is 1.51. The van der Waals surface area contributed by atoms with Crippen LogP contribution in [0.15, 0.2) is 46.2 Å². The molecule has 2 aliphatic rings. The van der Waals surface area contributed by atoms with Gasteiger partial charge in [0.25, 0.3) is 0 Å². The zero-order valence-electron chi connectivity index (χ0n) is 16.3. The number of ether oxygens (including phenoxy) is 2. The standard InChI is InChI=1S/C19H20ClFN2O6S2/c20-14-2-5-19(16(21)12-14)31(26,27)23-8-6-22(7-9-23)30(24,25)15-3-4-17-18(13-15)29-11-1-10-28-17/h2-5,12-13H,1,6-11H2. The highest BCUT2D eigenvalue weighted by atomic mass is 35.5. The summed E-state index contributed by atoms with van der Waals surface area (Å²) >= 11 is 5.70. The summed E-state index contributed by atoms with van der Waals surface area (Å²) in [5, 5.41) is 0.0856. The maximum atomic E-state index is 14.1. The summed E-state index contributed by atoms with van der Waals surface area (Å²) in [6.45, 7) is 0.580. The smallest absolute Gasteiger partial charge is 0.246 e. The molecular formula is C19H20ClFN2O6S2. The molecule has 2 aromatic carbocycles. The predicted molar refractivity (Wildman–Crippen MR) is 111 cm³/mol. The summed E-state index contributed by atoms with van der Waals surface area (Å²) in [6, 6.07) is 7.74. The van der Waals surface area contributed by atoms with Crippen molar-refractivity contribution in [3.05, 3.63) is 47.2 Å². The van der Waals surface area contributed by atoms with Crippen LogP contribution in [0.2, 0.25) is 5.02 Å². The number of rotatable bonds is 4. The Bertz CT molecular complexity index is 1200. The van der Waals surface area contributed by atoms with Gasteiger partial charge in [0.05, 0.1) is 18.1 Å². The van der Waals surface area contributed by atoms with Crippen LogP contribution in [0.3, 0.4) is 0 Å². The zero-order valence-corrected chi connectivity index (χ0v) is 18.7. The monoisotopic (exact) mass is 490 g/mol. The largest absolute Gasteiger partial charge is 0.490 e. The Labute approximate surface area is 185 Å². The Morgan fingerprint density at radius 2 is 1.42 bits per heavy atom. The Morgan fingerprint density at radius 1 is 0.806 bits per heavy atom. The van der Waals surface area contributed by atoms with Gasteiger partial charge in [0.2, 0.25) is 20.0 Å². The lowest BCUT2D eigenvalue weighted by Crippen LogP contribution is -2.50. The lowest BCUT2D eigenvalue weighted by atomic mass is 10.3. The predicted octanol–water partition coefficient (Wildman–Crippen LogP) is 2.34. The minimum atomic E-state index is -4.12. The highest BCUT2D eigenvalue weighted by Crippen LogP contribution is 2.33. The third-order valence-electron chi connectivity index (χ3n) is 5.07. The van der Waals surface area contributed by atoms with Crippen molar-refractivity contribution >= 4 is 31.6 Å². The van der Waals surface area contributed by atoms with E-state index < -0.39 is 30.8 Å². The lowest BCUT2D eigenvalue weighted by Gasteiger charge is -2.33. The van der Waals surface area contributed by atoms with E-state index in [0.29, 0.717) is 31.1 Å². The van der Waals surface area contributed by atoms with Crippen molar-refractivity contribution in [3.8, 4) is 11.5 Å². The SMILES string of the molecule is O=S(=O)(c1ccc2c(c1)OCCCO2)N1CCN(S(=O)(=O)c2ccc(Cl)cc2F)CC1. The van der Waals surface area contributed by atoms with Gasteiger partial charge < -0.3 is 9.47 Å². The van der Waals surface area contributed by atoms with Crippen LogP contribution in [-0.4, -0.2) is 64.8 Å². The van der Waals surface area contributed by atoms with E-state index >= 15 is 0 Å². The molecule has 0 atom stereocenters. The van der Waals surface area contributed by atoms with Crippen molar-refractivity contribution in [2.24, 2.45) is 0 Å². The van der Waals surface area contributed by atoms with Crippen molar-refractivity contribution in [2.45, 2.75) is 16.2 Å². The third kappa shape index (κ3) is 4.37. The van der Waals surface area contributed by atoms with Gasteiger partial charge in [-0.3, -0.25) is 0 Å². The fourth-order valence-corrected chi connectivity index (χ4v) is 6.49. The van der Waals surface area contributed by atoms with E-state index in [9.17, 15) is 21.2 Å². The third-order valence-corrected chi connectivity index (χ3v) is 9.13. The molecule has 1 fully saturated rings. The molecule has 0 unspecified atom stereocenters. The molecule has 4 rings (SSSR count). The molecule has 2 aliphatic heterocycles. The van der Waals surface area contributed by atoms with Gasteiger partial charge >= 0.3 is 0 Å². The first-order valence-electron chi connectivity index (χ1n) is 9.54. The molecule has 12 heteroatoms. The van der Waals surface area contributed by atoms with E-state index in [2.05, 4.69) is 0 Å².